The van der Waals surface area contributed by atoms with Crippen molar-refractivity contribution in [2.24, 2.45) is 0 Å². The summed E-state index contributed by atoms with van der Waals surface area (Å²) in [5, 5.41) is 2.92. The summed E-state index contributed by atoms with van der Waals surface area (Å²) >= 11 is 0. The zero-order valence-electron chi connectivity index (χ0n) is 24.1. The fourth-order valence-electron chi connectivity index (χ4n) is 5.06. The first-order valence-electron chi connectivity index (χ1n) is 13.7. The van der Waals surface area contributed by atoms with Gasteiger partial charge in [0, 0.05) is 12.6 Å². The topological polar surface area (TPSA) is 105 Å². The number of anilines is 2. The standard InChI is InChI=1S/C34H31N3O6/c1-22-13-15-24(16-14-22)31(33(40)35-27-18-17-25(42-2)19-29(27)43-3)37(20-23-9-5-4-6-10-23)30(38)21-36-28-12-8-7-11-26(28)32(39)34(36)41/h4-19,31H,20-21H2,1-3H3,(H,35,40). The van der Waals surface area contributed by atoms with Crippen LogP contribution in [0.1, 0.15) is 33.1 Å². The minimum atomic E-state index is -1.09. The van der Waals surface area contributed by atoms with Gasteiger partial charge in [-0.2, -0.15) is 0 Å². The van der Waals surface area contributed by atoms with Crippen LogP contribution in [0.5, 0.6) is 11.5 Å². The van der Waals surface area contributed by atoms with Crippen LogP contribution in [-0.2, 0) is 20.9 Å². The Labute approximate surface area is 249 Å². The maximum absolute atomic E-state index is 14.2. The molecule has 9 nitrogen and oxygen atoms in total. The average Bonchev–Trinajstić information content (AvgIpc) is 3.27. The van der Waals surface area contributed by atoms with Crippen molar-refractivity contribution < 1.29 is 28.7 Å². The molecule has 0 fully saturated rings. The van der Waals surface area contributed by atoms with Crippen LogP contribution in [0.25, 0.3) is 0 Å². The number of ether oxygens (including phenoxy) is 2. The van der Waals surface area contributed by atoms with Crippen molar-refractivity contribution in [2.45, 2.75) is 19.5 Å². The molecule has 4 aromatic carbocycles. The summed E-state index contributed by atoms with van der Waals surface area (Å²) in [5.41, 5.74) is 3.35. The molecule has 3 amide bonds. The third-order valence-corrected chi connectivity index (χ3v) is 7.31. The summed E-state index contributed by atoms with van der Waals surface area (Å²) in [7, 11) is 3.02. The van der Waals surface area contributed by atoms with Crippen LogP contribution in [-0.4, -0.2) is 49.2 Å². The molecule has 218 valence electrons. The monoisotopic (exact) mass is 577 g/mol. The van der Waals surface area contributed by atoms with E-state index in [1.54, 1.807) is 54.6 Å². The maximum Gasteiger partial charge on any atom is 0.299 e. The highest BCUT2D eigenvalue weighted by molar-refractivity contribution is 6.52. The largest absolute Gasteiger partial charge is 0.497 e. The first-order valence-corrected chi connectivity index (χ1v) is 13.7. The first-order chi connectivity index (χ1) is 20.8. The number of hydrogen-bond donors (Lipinski definition) is 1. The predicted molar refractivity (Wildman–Crippen MR) is 162 cm³/mol. The number of amides is 3. The molecule has 5 rings (SSSR count). The number of nitrogens with zero attached hydrogens (tertiary/aromatic N) is 2. The summed E-state index contributed by atoms with van der Waals surface area (Å²) < 4.78 is 10.8. The molecule has 1 aliphatic rings. The highest BCUT2D eigenvalue weighted by Crippen LogP contribution is 2.33. The highest BCUT2D eigenvalue weighted by atomic mass is 16.5. The van der Waals surface area contributed by atoms with E-state index in [-0.39, 0.29) is 12.1 Å². The number of carbonyl (C=O) groups excluding carboxylic acids is 4. The molecule has 43 heavy (non-hydrogen) atoms. The van der Waals surface area contributed by atoms with Crippen LogP contribution < -0.4 is 19.7 Å². The van der Waals surface area contributed by atoms with Crippen LogP contribution in [0.2, 0.25) is 0 Å². The molecule has 0 spiro atoms. The zero-order valence-corrected chi connectivity index (χ0v) is 24.1. The van der Waals surface area contributed by atoms with Crippen LogP contribution in [0, 0.1) is 6.92 Å². The van der Waals surface area contributed by atoms with E-state index >= 15 is 0 Å². The summed E-state index contributed by atoms with van der Waals surface area (Å²) in [5.74, 6) is -1.51. The van der Waals surface area contributed by atoms with E-state index in [0.29, 0.717) is 28.4 Å². The number of methoxy groups -OCH3 is 2. The Balaban J connectivity index is 1.55. The fourth-order valence-corrected chi connectivity index (χ4v) is 5.06. The number of aryl methyl sites for hydroxylation is 1. The lowest BCUT2D eigenvalue weighted by atomic mass is 10.0. The van der Waals surface area contributed by atoms with E-state index in [1.165, 1.54) is 24.0 Å². The molecule has 0 bridgehead atoms. The Morgan fingerprint density at radius 3 is 2.26 bits per heavy atom. The van der Waals surface area contributed by atoms with Crippen LogP contribution in [0.15, 0.2) is 97.1 Å². The Bertz CT molecular complexity index is 1670. The van der Waals surface area contributed by atoms with Gasteiger partial charge in [0.15, 0.2) is 0 Å². The van der Waals surface area contributed by atoms with Gasteiger partial charge in [-0.25, -0.2) is 0 Å². The number of hydrogen-bond acceptors (Lipinski definition) is 6. The van der Waals surface area contributed by atoms with Gasteiger partial charge in [-0.05, 0) is 42.3 Å². The molecule has 1 heterocycles. The smallest absolute Gasteiger partial charge is 0.299 e. The zero-order chi connectivity index (χ0) is 30.5. The van der Waals surface area contributed by atoms with Crippen molar-refractivity contribution in [2.75, 3.05) is 31.0 Å². The molecular formula is C34H31N3O6. The molecule has 1 atom stereocenters. The van der Waals surface area contributed by atoms with E-state index in [1.807, 2.05) is 49.4 Å². The van der Waals surface area contributed by atoms with Crippen molar-refractivity contribution in [3.63, 3.8) is 0 Å². The fraction of sp³-hybridized carbons (Fsp3) is 0.176. The average molecular weight is 578 g/mol. The number of nitrogens with one attached hydrogen (secondary N) is 1. The number of benzene rings is 4. The third kappa shape index (κ3) is 6.11. The molecule has 0 saturated carbocycles. The molecule has 4 aromatic rings. The molecule has 9 heteroatoms. The van der Waals surface area contributed by atoms with Crippen molar-refractivity contribution >= 4 is 34.9 Å². The summed E-state index contributed by atoms with van der Waals surface area (Å²) in [6.45, 7) is 1.58. The number of Topliss-reactive ketones (excluding diaryl/α,β-unsaturated/α-hetero) is 1. The molecule has 0 radical (unpaired) electrons. The van der Waals surface area contributed by atoms with E-state index in [2.05, 4.69) is 5.32 Å². The predicted octanol–water partition coefficient (Wildman–Crippen LogP) is 4.95. The van der Waals surface area contributed by atoms with Gasteiger partial charge in [0.1, 0.15) is 24.1 Å². The van der Waals surface area contributed by atoms with E-state index < -0.39 is 36.1 Å². The molecule has 0 aliphatic carbocycles. The summed E-state index contributed by atoms with van der Waals surface area (Å²) in [4.78, 5) is 56.6. The Hall–Kier alpha value is -5.44. The van der Waals surface area contributed by atoms with Gasteiger partial charge in [-0.15, -0.1) is 0 Å². The number of rotatable bonds is 10. The highest BCUT2D eigenvalue weighted by Gasteiger charge is 2.39. The Kier molecular flexibility index (Phi) is 8.52. The normalized spacial score (nSPS) is 12.9. The maximum atomic E-state index is 14.2. The molecule has 0 saturated heterocycles. The second-order valence-corrected chi connectivity index (χ2v) is 10.1. The van der Waals surface area contributed by atoms with Crippen LogP contribution >= 0.6 is 0 Å². The first kappa shape index (κ1) is 29.1. The van der Waals surface area contributed by atoms with Crippen LogP contribution in [0.3, 0.4) is 0 Å². The number of para-hydroxylation sites is 1. The lowest BCUT2D eigenvalue weighted by Gasteiger charge is -2.33. The summed E-state index contributed by atoms with van der Waals surface area (Å²) in [6.07, 6.45) is 0. The van der Waals surface area contributed by atoms with Gasteiger partial charge >= 0.3 is 0 Å². The van der Waals surface area contributed by atoms with E-state index in [4.69, 9.17) is 9.47 Å². The lowest BCUT2D eigenvalue weighted by Crippen LogP contribution is -2.46. The van der Waals surface area contributed by atoms with Gasteiger partial charge in [-0.3, -0.25) is 24.1 Å². The minimum Gasteiger partial charge on any atom is -0.497 e. The quantitative estimate of drug-likeness (QED) is 0.268. The van der Waals surface area contributed by atoms with Crippen molar-refractivity contribution in [3.8, 4) is 11.5 Å². The Morgan fingerprint density at radius 2 is 1.56 bits per heavy atom. The Morgan fingerprint density at radius 1 is 0.860 bits per heavy atom. The van der Waals surface area contributed by atoms with Crippen molar-refractivity contribution in [1.29, 1.82) is 0 Å². The second kappa shape index (κ2) is 12.6. The minimum absolute atomic E-state index is 0.0724. The SMILES string of the molecule is COc1ccc(NC(=O)C(c2ccc(C)cc2)N(Cc2ccccc2)C(=O)CN2C(=O)C(=O)c3ccccc32)c(OC)c1. The van der Waals surface area contributed by atoms with Gasteiger partial charge < -0.3 is 19.7 Å². The van der Waals surface area contributed by atoms with E-state index in [9.17, 15) is 19.2 Å². The molecular weight excluding hydrogens is 546 g/mol. The lowest BCUT2D eigenvalue weighted by molar-refractivity contribution is -0.139. The van der Waals surface area contributed by atoms with Crippen molar-refractivity contribution in [3.05, 3.63) is 119 Å². The molecule has 1 N–H and O–H groups in total. The molecule has 1 aliphatic heterocycles. The molecule has 1 unspecified atom stereocenters. The second-order valence-electron chi connectivity index (χ2n) is 10.1. The third-order valence-electron chi connectivity index (χ3n) is 7.31. The van der Waals surface area contributed by atoms with Gasteiger partial charge in [-0.1, -0.05) is 72.3 Å². The van der Waals surface area contributed by atoms with Gasteiger partial charge in [0.2, 0.25) is 5.91 Å². The molecule has 0 aromatic heterocycles. The number of ketones is 1. The number of carbonyl (C=O) groups is 4. The number of fused-ring (bicyclic) bond motifs is 1. The van der Waals surface area contributed by atoms with Crippen LogP contribution in [0.4, 0.5) is 11.4 Å². The van der Waals surface area contributed by atoms with Gasteiger partial charge in [0.05, 0.1) is 31.2 Å². The van der Waals surface area contributed by atoms with Gasteiger partial charge in [0.25, 0.3) is 17.6 Å². The summed E-state index contributed by atoms with van der Waals surface area (Å²) in [6, 6.07) is 27.1. The van der Waals surface area contributed by atoms with Crippen molar-refractivity contribution in [1.82, 2.24) is 4.90 Å². The van der Waals surface area contributed by atoms with E-state index in [0.717, 1.165) is 11.1 Å².